The maximum atomic E-state index is 5.85. The van der Waals surface area contributed by atoms with Crippen LogP contribution in [0.5, 0.6) is 5.88 Å². The number of nitrogens with two attached hydrogens (primary N) is 1. The highest BCUT2D eigenvalue weighted by Crippen LogP contribution is 2.30. The Labute approximate surface area is 96.2 Å². The lowest BCUT2D eigenvalue weighted by atomic mass is 10.2. The van der Waals surface area contributed by atoms with Crippen LogP contribution in [-0.2, 0) is 0 Å². The van der Waals surface area contributed by atoms with Gasteiger partial charge >= 0.3 is 0 Å². The minimum absolute atomic E-state index is 0.270. The molecule has 0 aromatic carbocycles. The number of anilines is 1. The van der Waals surface area contributed by atoms with E-state index in [1.165, 1.54) is 12.8 Å². The van der Waals surface area contributed by atoms with Gasteiger partial charge < -0.3 is 10.5 Å². The van der Waals surface area contributed by atoms with Gasteiger partial charge in [0.2, 0.25) is 5.88 Å². The molecule has 0 atom stereocenters. The Morgan fingerprint density at radius 3 is 2.62 bits per heavy atom. The number of nitrogens with zero attached hydrogens (tertiary/aromatic N) is 2. The highest BCUT2D eigenvalue weighted by molar-refractivity contribution is 5.44. The lowest BCUT2D eigenvalue weighted by Gasteiger charge is -2.12. The van der Waals surface area contributed by atoms with Gasteiger partial charge in [-0.2, -0.15) is 4.98 Å². The van der Waals surface area contributed by atoms with Crippen LogP contribution in [0.3, 0.4) is 0 Å². The van der Waals surface area contributed by atoms with Gasteiger partial charge in [-0.25, -0.2) is 4.98 Å². The van der Waals surface area contributed by atoms with E-state index in [1.807, 2.05) is 6.92 Å². The third-order valence-corrected chi connectivity index (χ3v) is 2.83. The maximum Gasteiger partial charge on any atom is 0.221 e. The van der Waals surface area contributed by atoms with Crippen LogP contribution in [0.15, 0.2) is 0 Å². The lowest BCUT2D eigenvalue weighted by Crippen LogP contribution is -2.09. The zero-order chi connectivity index (χ0) is 11.7. The fourth-order valence-corrected chi connectivity index (χ4v) is 1.41. The molecule has 1 aliphatic rings. The molecule has 2 rings (SSSR count). The zero-order valence-electron chi connectivity index (χ0n) is 10.2. The van der Waals surface area contributed by atoms with Crippen LogP contribution in [0.1, 0.15) is 44.0 Å². The Morgan fingerprint density at radius 2 is 2.06 bits per heavy atom. The summed E-state index contributed by atoms with van der Waals surface area (Å²) in [6.45, 7) is 6.76. The van der Waals surface area contributed by atoms with E-state index < -0.39 is 0 Å². The molecule has 88 valence electrons. The molecule has 0 radical (unpaired) electrons. The molecule has 1 heterocycles. The quantitative estimate of drug-likeness (QED) is 0.847. The van der Waals surface area contributed by atoms with Crippen molar-refractivity contribution in [3.05, 3.63) is 11.4 Å². The predicted octanol–water partition coefficient (Wildman–Crippen LogP) is 2.28. The van der Waals surface area contributed by atoms with Gasteiger partial charge in [-0.1, -0.05) is 13.8 Å². The van der Waals surface area contributed by atoms with Gasteiger partial charge in [-0.3, -0.25) is 0 Å². The van der Waals surface area contributed by atoms with E-state index in [0.29, 0.717) is 11.7 Å². The minimum Gasteiger partial charge on any atom is -0.477 e. The standard InChI is InChI=1S/C12H19N3O/c1-7(2)11-14-10(13)8(3)12(15-11)16-6-9-4-5-9/h7,9H,4-6H2,1-3H3,(H2,13,14,15). The summed E-state index contributed by atoms with van der Waals surface area (Å²) in [6, 6.07) is 0. The molecule has 0 bridgehead atoms. The molecule has 0 spiro atoms. The number of hydrogen-bond donors (Lipinski definition) is 1. The van der Waals surface area contributed by atoms with E-state index in [4.69, 9.17) is 10.5 Å². The SMILES string of the molecule is Cc1c(N)nc(C(C)C)nc1OCC1CC1. The van der Waals surface area contributed by atoms with Crippen molar-refractivity contribution in [2.45, 2.75) is 39.5 Å². The summed E-state index contributed by atoms with van der Waals surface area (Å²) < 4.78 is 5.70. The van der Waals surface area contributed by atoms with Crippen molar-refractivity contribution in [1.29, 1.82) is 0 Å². The van der Waals surface area contributed by atoms with Crippen LogP contribution in [0.2, 0.25) is 0 Å². The number of rotatable bonds is 4. The summed E-state index contributed by atoms with van der Waals surface area (Å²) >= 11 is 0. The second-order valence-electron chi connectivity index (χ2n) is 4.81. The summed E-state index contributed by atoms with van der Waals surface area (Å²) in [5.41, 5.74) is 6.70. The van der Waals surface area contributed by atoms with Crippen molar-refractivity contribution in [2.75, 3.05) is 12.3 Å². The average molecular weight is 221 g/mol. The Kier molecular flexibility index (Phi) is 2.99. The Balaban J connectivity index is 2.19. The summed E-state index contributed by atoms with van der Waals surface area (Å²) in [5.74, 6) is 2.94. The van der Waals surface area contributed by atoms with Gasteiger partial charge in [-0.05, 0) is 25.7 Å². The molecule has 1 saturated carbocycles. The number of aromatic nitrogens is 2. The van der Waals surface area contributed by atoms with Crippen molar-refractivity contribution in [1.82, 2.24) is 9.97 Å². The van der Waals surface area contributed by atoms with Gasteiger partial charge in [0.05, 0.1) is 12.2 Å². The largest absolute Gasteiger partial charge is 0.477 e. The van der Waals surface area contributed by atoms with Gasteiger partial charge in [0.15, 0.2) is 0 Å². The fraction of sp³-hybridized carbons (Fsp3) is 0.667. The molecule has 0 unspecified atom stereocenters. The van der Waals surface area contributed by atoms with Crippen molar-refractivity contribution in [3.63, 3.8) is 0 Å². The van der Waals surface area contributed by atoms with Gasteiger partial charge in [0.1, 0.15) is 11.6 Å². The third kappa shape index (κ3) is 2.43. The molecule has 1 aromatic heterocycles. The summed E-state index contributed by atoms with van der Waals surface area (Å²) in [5, 5.41) is 0. The Morgan fingerprint density at radius 1 is 1.38 bits per heavy atom. The van der Waals surface area contributed by atoms with Crippen LogP contribution in [0.4, 0.5) is 5.82 Å². The monoisotopic (exact) mass is 221 g/mol. The number of ether oxygens (including phenoxy) is 1. The minimum atomic E-state index is 0.270. The second-order valence-corrected chi connectivity index (χ2v) is 4.81. The van der Waals surface area contributed by atoms with E-state index >= 15 is 0 Å². The first kappa shape index (κ1) is 11.2. The van der Waals surface area contributed by atoms with Crippen LogP contribution >= 0.6 is 0 Å². The van der Waals surface area contributed by atoms with Crippen LogP contribution < -0.4 is 10.5 Å². The van der Waals surface area contributed by atoms with E-state index in [0.717, 1.165) is 23.9 Å². The normalized spacial score (nSPS) is 15.5. The number of nitrogen functional groups attached to an aromatic ring is 1. The summed E-state index contributed by atoms with van der Waals surface area (Å²) in [4.78, 5) is 8.68. The maximum absolute atomic E-state index is 5.85. The van der Waals surface area contributed by atoms with E-state index in [2.05, 4.69) is 23.8 Å². The average Bonchev–Trinajstić information content (AvgIpc) is 3.03. The van der Waals surface area contributed by atoms with Crippen molar-refractivity contribution in [3.8, 4) is 5.88 Å². The first-order valence-electron chi connectivity index (χ1n) is 5.84. The Bertz CT molecular complexity index is 386. The van der Waals surface area contributed by atoms with Gasteiger partial charge in [-0.15, -0.1) is 0 Å². The lowest BCUT2D eigenvalue weighted by molar-refractivity contribution is 0.284. The topological polar surface area (TPSA) is 61.0 Å². The van der Waals surface area contributed by atoms with Gasteiger partial charge in [0, 0.05) is 5.92 Å². The molecular weight excluding hydrogens is 202 g/mol. The first-order valence-corrected chi connectivity index (χ1v) is 5.84. The van der Waals surface area contributed by atoms with Crippen molar-refractivity contribution >= 4 is 5.82 Å². The van der Waals surface area contributed by atoms with Gasteiger partial charge in [0.25, 0.3) is 0 Å². The molecule has 0 amide bonds. The molecule has 16 heavy (non-hydrogen) atoms. The highest BCUT2D eigenvalue weighted by Gasteiger charge is 2.23. The molecule has 0 aliphatic heterocycles. The van der Waals surface area contributed by atoms with E-state index in [-0.39, 0.29) is 5.92 Å². The summed E-state index contributed by atoms with van der Waals surface area (Å²) in [6.07, 6.45) is 2.55. The second kappa shape index (κ2) is 4.28. The fourth-order valence-electron chi connectivity index (χ4n) is 1.41. The van der Waals surface area contributed by atoms with Crippen LogP contribution in [0, 0.1) is 12.8 Å². The Hall–Kier alpha value is -1.32. The third-order valence-electron chi connectivity index (χ3n) is 2.83. The van der Waals surface area contributed by atoms with E-state index in [1.54, 1.807) is 0 Å². The molecule has 1 aliphatic carbocycles. The zero-order valence-corrected chi connectivity index (χ0v) is 10.2. The highest BCUT2D eigenvalue weighted by atomic mass is 16.5. The molecule has 4 nitrogen and oxygen atoms in total. The molecule has 1 fully saturated rings. The summed E-state index contributed by atoms with van der Waals surface area (Å²) in [7, 11) is 0. The van der Waals surface area contributed by atoms with E-state index in [9.17, 15) is 0 Å². The molecule has 0 saturated heterocycles. The molecule has 4 heteroatoms. The van der Waals surface area contributed by atoms with Crippen LogP contribution in [0.25, 0.3) is 0 Å². The van der Waals surface area contributed by atoms with Crippen molar-refractivity contribution in [2.24, 2.45) is 5.92 Å². The molecule has 2 N–H and O–H groups in total. The molecular formula is C12H19N3O. The van der Waals surface area contributed by atoms with Crippen molar-refractivity contribution < 1.29 is 4.74 Å². The molecule has 1 aromatic rings. The number of hydrogen-bond acceptors (Lipinski definition) is 4. The predicted molar refractivity (Wildman–Crippen MR) is 63.5 cm³/mol. The van der Waals surface area contributed by atoms with Crippen LogP contribution in [-0.4, -0.2) is 16.6 Å². The first-order chi connectivity index (χ1) is 7.58. The smallest absolute Gasteiger partial charge is 0.221 e.